The first kappa shape index (κ1) is 21.0. The zero-order valence-electron chi connectivity index (χ0n) is 18.3. The molecule has 0 aliphatic heterocycles. The molecule has 1 amide bonds. The van der Waals surface area contributed by atoms with Crippen LogP contribution in [-0.2, 0) is 14.3 Å². The largest absolute Gasteiger partial charge is 0.480 e. The maximum Gasteiger partial charge on any atom is 0.407 e. The van der Waals surface area contributed by atoms with Gasteiger partial charge in [-0.15, -0.1) is 0 Å². The van der Waals surface area contributed by atoms with Crippen LogP contribution >= 0.6 is 0 Å². The summed E-state index contributed by atoms with van der Waals surface area (Å²) in [6.07, 6.45) is 2.78. The van der Waals surface area contributed by atoms with E-state index in [1.165, 1.54) is 0 Å². The molecule has 0 spiro atoms. The van der Waals surface area contributed by atoms with Crippen LogP contribution in [0.15, 0.2) is 48.5 Å². The Kier molecular flexibility index (Phi) is 5.20. The molecule has 1 unspecified atom stereocenters. The molecule has 6 nitrogen and oxygen atoms in total. The molecule has 0 saturated heterocycles. The summed E-state index contributed by atoms with van der Waals surface area (Å²) >= 11 is 0. The van der Waals surface area contributed by atoms with Gasteiger partial charge in [-0.05, 0) is 60.3 Å². The Morgan fingerprint density at radius 1 is 1.06 bits per heavy atom. The first-order valence-electron chi connectivity index (χ1n) is 11.4. The Labute approximate surface area is 187 Å². The van der Waals surface area contributed by atoms with Gasteiger partial charge < -0.3 is 19.9 Å². The molecule has 32 heavy (non-hydrogen) atoms. The molecule has 2 bridgehead atoms. The highest BCUT2D eigenvalue weighted by molar-refractivity contribution is 5.82. The minimum atomic E-state index is -0.989. The lowest BCUT2D eigenvalue weighted by Crippen LogP contribution is -2.71. The summed E-state index contributed by atoms with van der Waals surface area (Å²) in [6, 6.07) is 15.4. The third kappa shape index (κ3) is 3.37. The number of nitrogens with one attached hydrogen (secondary N) is 1. The number of rotatable bonds is 9. The van der Waals surface area contributed by atoms with Crippen LogP contribution in [0.5, 0.6) is 0 Å². The molecular weight excluding hydrogens is 406 g/mol. The Bertz CT molecular complexity index is 983. The summed E-state index contributed by atoms with van der Waals surface area (Å²) in [5, 5.41) is 12.5. The van der Waals surface area contributed by atoms with E-state index in [-0.39, 0.29) is 23.4 Å². The second kappa shape index (κ2) is 7.93. The van der Waals surface area contributed by atoms with Crippen molar-refractivity contribution in [3.05, 3.63) is 59.7 Å². The lowest BCUT2D eigenvalue weighted by atomic mass is 9.32. The van der Waals surface area contributed by atoms with Gasteiger partial charge in [0, 0.05) is 24.5 Å². The highest BCUT2D eigenvalue weighted by Gasteiger charge is 2.71. The summed E-state index contributed by atoms with van der Waals surface area (Å²) in [4.78, 5) is 24.6. The number of amides is 1. The summed E-state index contributed by atoms with van der Waals surface area (Å²) in [5.41, 5.74) is 4.44. The van der Waals surface area contributed by atoms with Crippen molar-refractivity contribution in [3.63, 3.8) is 0 Å². The predicted molar refractivity (Wildman–Crippen MR) is 119 cm³/mol. The zero-order chi connectivity index (χ0) is 22.3. The maximum absolute atomic E-state index is 12.6. The van der Waals surface area contributed by atoms with E-state index in [4.69, 9.17) is 9.47 Å². The number of hydrogen-bond acceptors (Lipinski definition) is 4. The minimum absolute atomic E-state index is 0.0480. The summed E-state index contributed by atoms with van der Waals surface area (Å²) in [6.45, 7) is 3.56. The van der Waals surface area contributed by atoms with E-state index in [1.54, 1.807) is 0 Å². The minimum Gasteiger partial charge on any atom is -0.480 e. The molecule has 0 aromatic heterocycles. The van der Waals surface area contributed by atoms with Gasteiger partial charge in [0.25, 0.3) is 0 Å². The quantitative estimate of drug-likeness (QED) is 0.564. The Morgan fingerprint density at radius 3 is 2.22 bits per heavy atom. The standard InChI is InChI=1S/C26H29NO5/c1-2-31-12-11-25-14-26(15-25,16-25)22(23(28)29)27-24(30)32-13-21-19-9-5-3-7-17(19)18-8-4-6-10-20(18)21/h3-10,21-22H,2,11-16H2,1H3,(H,27,30)(H,28,29). The van der Waals surface area contributed by atoms with Gasteiger partial charge in [0.1, 0.15) is 12.6 Å². The third-order valence-electron chi connectivity index (χ3n) is 7.63. The van der Waals surface area contributed by atoms with Crippen LogP contribution in [0.1, 0.15) is 49.7 Å². The van der Waals surface area contributed by atoms with Gasteiger partial charge in [-0.1, -0.05) is 48.5 Å². The van der Waals surface area contributed by atoms with E-state index in [9.17, 15) is 14.7 Å². The van der Waals surface area contributed by atoms with Gasteiger partial charge in [0.2, 0.25) is 0 Å². The molecule has 3 saturated carbocycles. The zero-order valence-corrected chi connectivity index (χ0v) is 18.3. The summed E-state index contributed by atoms with van der Waals surface area (Å²) in [5.74, 6) is -1.04. The van der Waals surface area contributed by atoms with Crippen molar-refractivity contribution < 1.29 is 24.2 Å². The van der Waals surface area contributed by atoms with Crippen molar-refractivity contribution in [3.8, 4) is 11.1 Å². The molecule has 1 atom stereocenters. The second-order valence-electron chi connectivity index (χ2n) is 9.58. The van der Waals surface area contributed by atoms with Crippen LogP contribution in [0.2, 0.25) is 0 Å². The molecule has 6 heteroatoms. The van der Waals surface area contributed by atoms with Crippen LogP contribution in [0.3, 0.4) is 0 Å². The average molecular weight is 436 g/mol. The molecule has 3 fully saturated rings. The maximum atomic E-state index is 12.6. The lowest BCUT2D eigenvalue weighted by molar-refractivity contribution is -0.231. The van der Waals surface area contributed by atoms with Crippen LogP contribution in [0.4, 0.5) is 4.79 Å². The van der Waals surface area contributed by atoms with E-state index in [0.717, 1.165) is 47.9 Å². The lowest BCUT2D eigenvalue weighted by Gasteiger charge is -2.72. The third-order valence-corrected chi connectivity index (χ3v) is 7.63. The summed E-state index contributed by atoms with van der Waals surface area (Å²) in [7, 11) is 0. The predicted octanol–water partition coefficient (Wildman–Crippen LogP) is 4.58. The van der Waals surface area contributed by atoms with Crippen molar-refractivity contribution in [2.75, 3.05) is 19.8 Å². The molecule has 4 aliphatic rings. The van der Waals surface area contributed by atoms with Crippen molar-refractivity contribution in [2.24, 2.45) is 10.8 Å². The molecule has 0 heterocycles. The van der Waals surface area contributed by atoms with Gasteiger partial charge in [-0.25, -0.2) is 9.59 Å². The number of fused-ring (bicyclic) bond motifs is 3. The van der Waals surface area contributed by atoms with Gasteiger partial charge in [-0.2, -0.15) is 0 Å². The Hall–Kier alpha value is -2.86. The number of carbonyl (C=O) groups excluding carboxylic acids is 1. The van der Waals surface area contributed by atoms with E-state index in [0.29, 0.717) is 13.2 Å². The fraction of sp³-hybridized carbons (Fsp3) is 0.462. The first-order valence-corrected chi connectivity index (χ1v) is 11.4. The molecule has 4 aliphatic carbocycles. The number of carboxylic acids is 1. The SMILES string of the molecule is CCOCCC12CC(C(NC(=O)OCC3c4ccccc4-c4ccccc43)C(=O)O)(C1)C2. The Morgan fingerprint density at radius 2 is 1.66 bits per heavy atom. The van der Waals surface area contributed by atoms with Crippen LogP contribution < -0.4 is 5.32 Å². The van der Waals surface area contributed by atoms with Crippen molar-refractivity contribution >= 4 is 12.1 Å². The molecule has 2 aromatic rings. The van der Waals surface area contributed by atoms with Gasteiger partial charge >= 0.3 is 12.1 Å². The van der Waals surface area contributed by atoms with Crippen LogP contribution in [-0.4, -0.2) is 43.0 Å². The fourth-order valence-electron chi connectivity index (χ4n) is 6.32. The van der Waals surface area contributed by atoms with Gasteiger partial charge in [0.15, 0.2) is 0 Å². The number of alkyl carbamates (subject to hydrolysis) is 1. The number of benzene rings is 2. The highest BCUT2D eigenvalue weighted by atomic mass is 16.5. The van der Waals surface area contributed by atoms with E-state index in [2.05, 4.69) is 29.6 Å². The van der Waals surface area contributed by atoms with Gasteiger partial charge in [-0.3, -0.25) is 0 Å². The fourth-order valence-corrected chi connectivity index (χ4v) is 6.32. The van der Waals surface area contributed by atoms with Gasteiger partial charge in [0.05, 0.1) is 0 Å². The first-order chi connectivity index (χ1) is 15.5. The van der Waals surface area contributed by atoms with E-state index < -0.39 is 18.1 Å². The molecular formula is C26H29NO5. The number of hydrogen-bond donors (Lipinski definition) is 2. The average Bonchev–Trinajstić information content (AvgIpc) is 3.05. The number of carbonyl (C=O) groups is 2. The monoisotopic (exact) mass is 435 g/mol. The number of ether oxygens (including phenoxy) is 2. The Balaban J connectivity index is 1.21. The van der Waals surface area contributed by atoms with E-state index in [1.807, 2.05) is 31.2 Å². The second-order valence-corrected chi connectivity index (χ2v) is 9.58. The normalized spacial score (nSPS) is 25.7. The molecule has 2 N–H and O–H groups in total. The highest BCUT2D eigenvalue weighted by Crippen LogP contribution is 2.76. The summed E-state index contributed by atoms with van der Waals surface area (Å²) < 4.78 is 11.0. The molecule has 0 radical (unpaired) electrons. The van der Waals surface area contributed by atoms with Crippen LogP contribution in [0.25, 0.3) is 11.1 Å². The molecule has 2 aromatic carbocycles. The van der Waals surface area contributed by atoms with E-state index >= 15 is 0 Å². The molecule has 168 valence electrons. The number of carboxylic acid groups (broad SMARTS) is 1. The van der Waals surface area contributed by atoms with Crippen molar-refractivity contribution in [2.45, 2.75) is 44.6 Å². The van der Waals surface area contributed by atoms with Crippen molar-refractivity contribution in [1.29, 1.82) is 0 Å². The smallest absolute Gasteiger partial charge is 0.407 e. The number of aliphatic carboxylic acids is 1. The van der Waals surface area contributed by atoms with Crippen molar-refractivity contribution in [1.82, 2.24) is 5.32 Å². The van der Waals surface area contributed by atoms with Crippen LogP contribution in [0, 0.1) is 10.8 Å². The topological polar surface area (TPSA) is 84.9 Å². The molecule has 6 rings (SSSR count).